The van der Waals surface area contributed by atoms with Gasteiger partial charge in [-0.25, -0.2) is 4.79 Å². The van der Waals surface area contributed by atoms with Crippen LogP contribution in [0.1, 0.15) is 53.3 Å². The van der Waals surface area contributed by atoms with Crippen molar-refractivity contribution in [1.82, 2.24) is 0 Å². The van der Waals surface area contributed by atoms with E-state index in [9.17, 15) is 4.79 Å². The Kier molecular flexibility index (Phi) is 3.39. The summed E-state index contributed by atoms with van der Waals surface area (Å²) in [5.41, 5.74) is 8.09. The molecule has 1 aromatic rings. The zero-order valence-corrected chi connectivity index (χ0v) is 12.1. The molecule has 3 rings (SSSR count). The molecule has 0 unspecified atom stereocenters. The highest BCUT2D eigenvalue weighted by Gasteiger charge is 2.35. The Morgan fingerprint density at radius 2 is 2.00 bits per heavy atom. The Labute approximate surface area is 117 Å². The SMILES string of the molecule is COC(=O)c1sc(N2CCCCC2)c(C2CC2)c1N. The van der Waals surface area contributed by atoms with Crippen LogP contribution in [0, 0.1) is 0 Å². The molecule has 2 aliphatic rings. The molecule has 1 aliphatic carbocycles. The number of hydrogen-bond donors (Lipinski definition) is 1. The van der Waals surface area contributed by atoms with E-state index in [2.05, 4.69) is 4.90 Å². The Bertz CT molecular complexity index is 488. The number of carbonyl (C=O) groups excluding carboxylic acids is 1. The highest BCUT2D eigenvalue weighted by Crippen LogP contribution is 2.52. The van der Waals surface area contributed by atoms with Crippen LogP contribution in [-0.2, 0) is 4.74 Å². The van der Waals surface area contributed by atoms with Gasteiger partial charge in [-0.2, -0.15) is 0 Å². The van der Waals surface area contributed by atoms with Crippen molar-refractivity contribution in [2.75, 3.05) is 30.8 Å². The van der Waals surface area contributed by atoms with Crippen LogP contribution < -0.4 is 10.6 Å². The summed E-state index contributed by atoms with van der Waals surface area (Å²) in [4.78, 5) is 14.8. The van der Waals surface area contributed by atoms with Crippen LogP contribution in [0.2, 0.25) is 0 Å². The van der Waals surface area contributed by atoms with Crippen molar-refractivity contribution in [3.05, 3.63) is 10.4 Å². The maximum absolute atomic E-state index is 11.8. The maximum atomic E-state index is 11.8. The Morgan fingerprint density at radius 1 is 1.32 bits per heavy atom. The van der Waals surface area contributed by atoms with Crippen LogP contribution in [0.3, 0.4) is 0 Å². The summed E-state index contributed by atoms with van der Waals surface area (Å²) in [7, 11) is 1.42. The normalized spacial score (nSPS) is 19.5. The molecule has 1 saturated carbocycles. The van der Waals surface area contributed by atoms with Gasteiger partial charge in [0.1, 0.15) is 4.88 Å². The van der Waals surface area contributed by atoms with Gasteiger partial charge in [-0.1, -0.05) is 0 Å². The van der Waals surface area contributed by atoms with Gasteiger partial charge in [0.05, 0.1) is 17.8 Å². The number of rotatable bonds is 3. The molecular weight excluding hydrogens is 260 g/mol. The molecule has 5 heteroatoms. The first kappa shape index (κ1) is 12.8. The van der Waals surface area contributed by atoms with Gasteiger partial charge in [-0.3, -0.25) is 0 Å². The lowest BCUT2D eigenvalue weighted by molar-refractivity contribution is 0.0607. The minimum Gasteiger partial charge on any atom is -0.465 e. The molecule has 1 aliphatic heterocycles. The number of anilines is 2. The molecule has 4 nitrogen and oxygen atoms in total. The van der Waals surface area contributed by atoms with E-state index in [-0.39, 0.29) is 5.97 Å². The van der Waals surface area contributed by atoms with Crippen molar-refractivity contribution < 1.29 is 9.53 Å². The second-order valence-corrected chi connectivity index (χ2v) is 6.38. The van der Waals surface area contributed by atoms with Crippen LogP contribution in [0.25, 0.3) is 0 Å². The number of hydrogen-bond acceptors (Lipinski definition) is 5. The average molecular weight is 280 g/mol. The molecule has 0 amide bonds. The monoisotopic (exact) mass is 280 g/mol. The molecule has 0 aromatic carbocycles. The van der Waals surface area contributed by atoms with Crippen LogP contribution in [-0.4, -0.2) is 26.2 Å². The lowest BCUT2D eigenvalue weighted by Gasteiger charge is -2.28. The van der Waals surface area contributed by atoms with Crippen LogP contribution in [0.4, 0.5) is 10.7 Å². The fraction of sp³-hybridized carbons (Fsp3) is 0.643. The zero-order chi connectivity index (χ0) is 13.4. The van der Waals surface area contributed by atoms with Gasteiger partial charge in [0.15, 0.2) is 0 Å². The first-order chi connectivity index (χ1) is 9.22. The van der Waals surface area contributed by atoms with E-state index < -0.39 is 0 Å². The third kappa shape index (κ3) is 2.31. The Balaban J connectivity index is 1.99. The number of methoxy groups -OCH3 is 1. The first-order valence-electron chi connectivity index (χ1n) is 6.97. The lowest BCUT2D eigenvalue weighted by atomic mass is 10.1. The Hall–Kier alpha value is -1.23. The quantitative estimate of drug-likeness (QED) is 0.865. The fourth-order valence-corrected chi connectivity index (χ4v) is 4.07. The number of ether oxygens (including phenoxy) is 1. The summed E-state index contributed by atoms with van der Waals surface area (Å²) >= 11 is 1.52. The van der Waals surface area contributed by atoms with E-state index in [1.54, 1.807) is 0 Å². The van der Waals surface area contributed by atoms with Gasteiger partial charge in [-0.05, 0) is 38.0 Å². The second kappa shape index (κ2) is 5.04. The van der Waals surface area contributed by atoms with E-state index in [1.807, 2.05) is 0 Å². The topological polar surface area (TPSA) is 55.6 Å². The van der Waals surface area contributed by atoms with Crippen LogP contribution in [0.5, 0.6) is 0 Å². The molecule has 104 valence electrons. The van der Waals surface area contributed by atoms with Gasteiger partial charge >= 0.3 is 5.97 Å². The molecule has 0 bridgehead atoms. The molecular formula is C14H20N2O2S. The minimum atomic E-state index is -0.298. The number of piperidine rings is 1. The predicted molar refractivity (Wildman–Crippen MR) is 78.1 cm³/mol. The molecule has 0 radical (unpaired) electrons. The largest absolute Gasteiger partial charge is 0.465 e. The van der Waals surface area contributed by atoms with E-state index in [4.69, 9.17) is 10.5 Å². The van der Waals surface area contributed by atoms with Crippen molar-refractivity contribution in [2.45, 2.75) is 38.0 Å². The van der Waals surface area contributed by atoms with Gasteiger partial charge < -0.3 is 15.4 Å². The van der Waals surface area contributed by atoms with Crippen LogP contribution >= 0.6 is 11.3 Å². The summed E-state index contributed by atoms with van der Waals surface area (Å²) in [5, 5.41) is 1.22. The third-order valence-electron chi connectivity index (χ3n) is 3.96. The number of nitrogen functional groups attached to an aromatic ring is 1. The predicted octanol–water partition coefficient (Wildman–Crippen LogP) is 2.98. The summed E-state index contributed by atoms with van der Waals surface area (Å²) in [6, 6.07) is 0. The van der Waals surface area contributed by atoms with Gasteiger partial charge in [0, 0.05) is 18.7 Å². The molecule has 0 atom stereocenters. The zero-order valence-electron chi connectivity index (χ0n) is 11.3. The molecule has 0 spiro atoms. The van der Waals surface area contributed by atoms with E-state index in [0.717, 1.165) is 13.1 Å². The second-order valence-electron chi connectivity index (χ2n) is 5.38. The van der Waals surface area contributed by atoms with Crippen molar-refractivity contribution in [3.8, 4) is 0 Å². The summed E-state index contributed by atoms with van der Waals surface area (Å²) in [6.45, 7) is 2.17. The third-order valence-corrected chi connectivity index (χ3v) is 5.23. The molecule has 1 aromatic heterocycles. The van der Waals surface area contributed by atoms with E-state index in [1.165, 1.54) is 61.1 Å². The van der Waals surface area contributed by atoms with Crippen molar-refractivity contribution in [1.29, 1.82) is 0 Å². The van der Waals surface area contributed by atoms with Crippen LogP contribution in [0.15, 0.2) is 0 Å². The number of nitrogens with zero attached hydrogens (tertiary/aromatic N) is 1. The summed E-state index contributed by atoms with van der Waals surface area (Å²) < 4.78 is 4.85. The number of esters is 1. The standard InChI is InChI=1S/C14H20N2O2S/c1-18-14(17)12-11(15)10(9-5-6-9)13(19-12)16-7-3-2-4-8-16/h9H,2-8,15H2,1H3. The molecule has 2 fully saturated rings. The van der Waals surface area contributed by atoms with Crippen molar-refractivity contribution in [2.24, 2.45) is 0 Å². The van der Waals surface area contributed by atoms with Crippen molar-refractivity contribution >= 4 is 28.0 Å². The lowest BCUT2D eigenvalue weighted by Crippen LogP contribution is -2.29. The van der Waals surface area contributed by atoms with E-state index in [0.29, 0.717) is 16.5 Å². The highest BCUT2D eigenvalue weighted by molar-refractivity contribution is 7.18. The average Bonchev–Trinajstić information content (AvgIpc) is 3.22. The number of nitrogens with two attached hydrogens (primary N) is 1. The molecule has 19 heavy (non-hydrogen) atoms. The molecule has 1 saturated heterocycles. The molecule has 2 N–H and O–H groups in total. The number of carbonyl (C=O) groups is 1. The Morgan fingerprint density at radius 3 is 2.58 bits per heavy atom. The number of thiophene rings is 1. The van der Waals surface area contributed by atoms with Gasteiger partial charge in [0.2, 0.25) is 0 Å². The smallest absolute Gasteiger partial charge is 0.350 e. The summed E-state index contributed by atoms with van der Waals surface area (Å²) in [6.07, 6.45) is 6.16. The first-order valence-corrected chi connectivity index (χ1v) is 7.79. The molecule has 2 heterocycles. The summed E-state index contributed by atoms with van der Waals surface area (Å²) in [5.74, 6) is 0.263. The van der Waals surface area contributed by atoms with Gasteiger partial charge in [0.25, 0.3) is 0 Å². The van der Waals surface area contributed by atoms with Gasteiger partial charge in [-0.15, -0.1) is 11.3 Å². The van der Waals surface area contributed by atoms with E-state index >= 15 is 0 Å². The maximum Gasteiger partial charge on any atom is 0.350 e. The minimum absolute atomic E-state index is 0.298. The highest BCUT2D eigenvalue weighted by atomic mass is 32.1. The fourth-order valence-electron chi connectivity index (χ4n) is 2.79. The van der Waals surface area contributed by atoms with Crippen molar-refractivity contribution in [3.63, 3.8) is 0 Å².